The number of imidazole rings is 1. The van der Waals surface area contributed by atoms with Crippen LogP contribution in [0.5, 0.6) is 0 Å². The first-order chi connectivity index (χ1) is 20.6. The Balaban J connectivity index is 0.000000910. The molecule has 11 heteroatoms. The molecule has 0 spiro atoms. The lowest BCUT2D eigenvalue weighted by atomic mass is 10.2. The Morgan fingerprint density at radius 1 is 1.00 bits per heavy atom. The Labute approximate surface area is 248 Å². The second-order valence-corrected chi connectivity index (χ2v) is 9.14. The van der Waals surface area contributed by atoms with Crippen LogP contribution < -0.4 is 15.5 Å². The van der Waals surface area contributed by atoms with Crippen molar-refractivity contribution in [2.24, 2.45) is 0 Å². The molecular formula is C31H42N10O. The Morgan fingerprint density at radius 3 is 2.40 bits per heavy atom. The largest absolute Gasteiger partial charge is 0.338 e. The molecule has 0 bridgehead atoms. The summed E-state index contributed by atoms with van der Waals surface area (Å²) >= 11 is 0. The highest BCUT2D eigenvalue weighted by molar-refractivity contribution is 6.04. The number of hydrogen-bond acceptors (Lipinski definition) is 9. The molecule has 0 saturated carbocycles. The molecule has 1 fully saturated rings. The van der Waals surface area contributed by atoms with Crippen molar-refractivity contribution in [2.45, 2.75) is 40.7 Å². The van der Waals surface area contributed by atoms with Gasteiger partial charge in [0.05, 0.1) is 6.33 Å². The van der Waals surface area contributed by atoms with Crippen LogP contribution in [0.3, 0.4) is 0 Å². The van der Waals surface area contributed by atoms with Crippen LogP contribution in [-0.2, 0) is 13.0 Å². The number of pyridine rings is 1. The maximum Gasteiger partial charge on any atom is 0.255 e. The van der Waals surface area contributed by atoms with Crippen molar-refractivity contribution in [3.8, 4) is 0 Å². The summed E-state index contributed by atoms with van der Waals surface area (Å²) < 4.78 is 2.10. The first-order valence-corrected chi connectivity index (χ1v) is 14.4. The van der Waals surface area contributed by atoms with Gasteiger partial charge in [-0.15, -0.1) is 6.58 Å². The minimum atomic E-state index is -0.215. The first-order valence-electron chi connectivity index (χ1n) is 14.4. The van der Waals surface area contributed by atoms with E-state index < -0.39 is 0 Å². The number of hydrogen-bond donors (Lipinski definition) is 2. The maximum absolute atomic E-state index is 12.7. The van der Waals surface area contributed by atoms with Gasteiger partial charge in [0, 0.05) is 75.5 Å². The van der Waals surface area contributed by atoms with Crippen molar-refractivity contribution in [2.75, 3.05) is 48.3 Å². The van der Waals surface area contributed by atoms with Gasteiger partial charge in [-0.05, 0) is 31.2 Å². The van der Waals surface area contributed by atoms with Gasteiger partial charge in [-0.3, -0.25) is 9.69 Å². The molecule has 4 aromatic rings. The highest BCUT2D eigenvalue weighted by Gasteiger charge is 2.20. The highest BCUT2D eigenvalue weighted by Crippen LogP contribution is 2.18. The topological polar surface area (TPSA) is 117 Å². The van der Waals surface area contributed by atoms with Crippen molar-refractivity contribution in [3.63, 3.8) is 0 Å². The number of anilines is 4. The number of carbonyl (C=O) groups excluding carboxylic acids is 1. The molecule has 1 aliphatic rings. The molecule has 0 unspecified atom stereocenters. The number of allylic oxidation sites excluding steroid dienone is 1. The zero-order chi connectivity index (χ0) is 30.2. The monoisotopic (exact) mass is 570 g/mol. The third-order valence-electron chi connectivity index (χ3n) is 6.17. The van der Waals surface area contributed by atoms with Crippen molar-refractivity contribution in [3.05, 3.63) is 91.4 Å². The van der Waals surface area contributed by atoms with E-state index in [0.717, 1.165) is 45.0 Å². The second-order valence-electron chi connectivity index (χ2n) is 9.14. The number of nitrogens with one attached hydrogen (secondary N) is 2. The van der Waals surface area contributed by atoms with Crippen LogP contribution in [0.4, 0.5) is 23.4 Å². The van der Waals surface area contributed by atoms with Crippen molar-refractivity contribution in [1.29, 1.82) is 0 Å². The van der Waals surface area contributed by atoms with Gasteiger partial charge in [0.25, 0.3) is 5.91 Å². The third kappa shape index (κ3) is 9.77. The predicted octanol–water partition coefficient (Wildman–Crippen LogP) is 5.06. The van der Waals surface area contributed by atoms with E-state index in [2.05, 4.69) is 56.5 Å². The van der Waals surface area contributed by atoms with E-state index >= 15 is 0 Å². The summed E-state index contributed by atoms with van der Waals surface area (Å²) in [5.41, 5.74) is 1.22. The van der Waals surface area contributed by atoms with Crippen LogP contribution in [-0.4, -0.2) is 73.0 Å². The molecule has 1 saturated heterocycles. The van der Waals surface area contributed by atoms with Crippen LogP contribution in [0.2, 0.25) is 0 Å². The lowest BCUT2D eigenvalue weighted by Gasteiger charge is -2.34. The van der Waals surface area contributed by atoms with E-state index in [0.29, 0.717) is 35.5 Å². The van der Waals surface area contributed by atoms with Gasteiger partial charge in [0.1, 0.15) is 11.6 Å². The number of para-hydroxylation sites is 1. The van der Waals surface area contributed by atoms with Crippen LogP contribution in [0.15, 0.2) is 80.0 Å². The Hall–Kier alpha value is -4.64. The predicted molar refractivity (Wildman–Crippen MR) is 169 cm³/mol. The number of nitrogens with zero attached hydrogens (tertiary/aromatic N) is 8. The number of rotatable bonds is 9. The molecule has 2 N–H and O–H groups in total. The Kier molecular flexibility index (Phi) is 13.1. The molecule has 42 heavy (non-hydrogen) atoms. The molecule has 0 aliphatic carbocycles. The van der Waals surface area contributed by atoms with Crippen LogP contribution in [0.25, 0.3) is 0 Å². The van der Waals surface area contributed by atoms with Crippen LogP contribution in [0.1, 0.15) is 43.9 Å². The molecule has 1 aliphatic heterocycles. The van der Waals surface area contributed by atoms with Gasteiger partial charge in [-0.25, -0.2) is 9.97 Å². The normalized spacial score (nSPS) is 12.7. The number of piperazine rings is 1. The van der Waals surface area contributed by atoms with Crippen LogP contribution in [0, 0.1) is 0 Å². The summed E-state index contributed by atoms with van der Waals surface area (Å²) in [6, 6.07) is 12.7. The quantitative estimate of drug-likeness (QED) is 0.266. The molecule has 0 radical (unpaired) electrons. The Bertz CT molecular complexity index is 1350. The van der Waals surface area contributed by atoms with E-state index in [9.17, 15) is 4.79 Å². The van der Waals surface area contributed by atoms with Gasteiger partial charge in [-0.2, -0.15) is 15.0 Å². The number of aryl methyl sites for hydroxylation is 1. The lowest BCUT2D eigenvalue weighted by molar-refractivity contribution is 0.102. The molecule has 0 atom stereocenters. The summed E-state index contributed by atoms with van der Waals surface area (Å²) in [6.45, 7) is 16.7. The fourth-order valence-electron chi connectivity index (χ4n) is 4.09. The number of amides is 1. The zero-order valence-electron chi connectivity index (χ0n) is 25.1. The molecule has 4 heterocycles. The summed E-state index contributed by atoms with van der Waals surface area (Å²) in [5.74, 6) is 2.05. The second kappa shape index (κ2) is 17.2. The minimum absolute atomic E-state index is 0.215. The fraction of sp³-hybridized carbons (Fsp3) is 0.355. The number of benzene rings is 1. The number of aromatic nitrogens is 6. The first kappa shape index (κ1) is 31.9. The zero-order valence-corrected chi connectivity index (χ0v) is 25.1. The van der Waals surface area contributed by atoms with E-state index in [1.165, 1.54) is 0 Å². The molecule has 11 nitrogen and oxygen atoms in total. The van der Waals surface area contributed by atoms with E-state index in [1.54, 1.807) is 30.6 Å². The number of carbonyl (C=O) groups is 1. The fourth-order valence-corrected chi connectivity index (χ4v) is 4.09. The van der Waals surface area contributed by atoms with Gasteiger partial charge in [0.15, 0.2) is 0 Å². The van der Waals surface area contributed by atoms with Gasteiger partial charge in [0.2, 0.25) is 11.9 Å². The molecule has 1 aromatic carbocycles. The maximum atomic E-state index is 12.7. The highest BCUT2D eigenvalue weighted by atomic mass is 16.1. The van der Waals surface area contributed by atoms with Gasteiger partial charge >= 0.3 is 0 Å². The lowest BCUT2D eigenvalue weighted by Crippen LogP contribution is -2.47. The summed E-state index contributed by atoms with van der Waals surface area (Å²) in [5, 5.41) is 6.05. The summed E-state index contributed by atoms with van der Waals surface area (Å²) in [7, 11) is 0. The molecule has 222 valence electrons. The molecule has 1 amide bonds. The molecular weight excluding hydrogens is 528 g/mol. The summed E-state index contributed by atoms with van der Waals surface area (Å²) in [4.78, 5) is 39.7. The standard InChI is InChI=1S/C26H30N10O.C3H6.C2H6/c1-2-22-30-25(31-23-18-20(8-9-28-23)24(37)29-21-6-4-3-5-7-21)33-26(32-22)36-16-14-34(15-17-36)12-13-35-11-10-27-19-35;1-3-2;1-2/h3-11,18-19H,2,12-17H2,1H3,(H,29,37)(H,28,30,31,32,33);3H,1H2,2H3;1-2H3. The van der Waals surface area contributed by atoms with Crippen molar-refractivity contribution in [1.82, 2.24) is 34.4 Å². The van der Waals surface area contributed by atoms with Gasteiger partial charge < -0.3 is 20.1 Å². The smallest absolute Gasteiger partial charge is 0.255 e. The van der Waals surface area contributed by atoms with Crippen molar-refractivity contribution >= 4 is 29.3 Å². The summed E-state index contributed by atoms with van der Waals surface area (Å²) in [6.07, 6.45) is 9.67. The van der Waals surface area contributed by atoms with Crippen molar-refractivity contribution < 1.29 is 4.79 Å². The average molecular weight is 571 g/mol. The van der Waals surface area contributed by atoms with Crippen LogP contribution >= 0.6 is 0 Å². The Morgan fingerprint density at radius 2 is 1.74 bits per heavy atom. The van der Waals surface area contributed by atoms with E-state index in [4.69, 9.17) is 0 Å². The van der Waals surface area contributed by atoms with Gasteiger partial charge in [-0.1, -0.05) is 45.0 Å². The SMILES string of the molecule is C=CC.CC.CCc1nc(Nc2cc(C(=O)Nc3ccccc3)ccn2)nc(N2CCN(CCn3ccnc3)CC2)n1. The molecule has 5 rings (SSSR count). The minimum Gasteiger partial charge on any atom is -0.338 e. The average Bonchev–Trinajstić information content (AvgIpc) is 3.56. The molecule has 3 aromatic heterocycles. The third-order valence-corrected chi connectivity index (χ3v) is 6.17. The van der Waals surface area contributed by atoms with E-state index in [1.807, 2.05) is 70.6 Å². The van der Waals surface area contributed by atoms with E-state index in [-0.39, 0.29) is 5.91 Å².